The Labute approximate surface area is 145 Å². The molecule has 4 aliphatic rings. The van der Waals surface area contributed by atoms with Gasteiger partial charge in [-0.2, -0.15) is 0 Å². The van der Waals surface area contributed by atoms with E-state index in [1.54, 1.807) is 0 Å². The monoisotopic (exact) mass is 336 g/mol. The van der Waals surface area contributed by atoms with E-state index >= 15 is 0 Å². The van der Waals surface area contributed by atoms with Crippen LogP contribution in [0.1, 0.15) is 64.7 Å². The summed E-state index contributed by atoms with van der Waals surface area (Å²) in [7, 11) is 0. The molecule has 2 amide bonds. The summed E-state index contributed by atoms with van der Waals surface area (Å²) in [6, 6.07) is -0.0115. The minimum absolute atomic E-state index is 0.0115. The molecule has 136 valence electrons. The van der Waals surface area contributed by atoms with Gasteiger partial charge in [0.2, 0.25) is 11.8 Å². The minimum atomic E-state index is -0.158. The van der Waals surface area contributed by atoms with E-state index in [0.29, 0.717) is 12.8 Å². The van der Waals surface area contributed by atoms with Crippen LogP contribution in [0.2, 0.25) is 0 Å². The molecule has 0 radical (unpaired) electrons. The van der Waals surface area contributed by atoms with Crippen LogP contribution in [-0.4, -0.2) is 36.1 Å². The fraction of sp³-hybridized carbons (Fsp3) is 0.895. The number of aliphatic hydroxyl groups is 1. The van der Waals surface area contributed by atoms with Gasteiger partial charge >= 0.3 is 0 Å². The maximum absolute atomic E-state index is 12.4. The van der Waals surface area contributed by atoms with Gasteiger partial charge in [-0.25, -0.2) is 0 Å². The fourth-order valence-electron chi connectivity index (χ4n) is 5.90. The van der Waals surface area contributed by atoms with Gasteiger partial charge in [-0.3, -0.25) is 9.59 Å². The highest BCUT2D eigenvalue weighted by Gasteiger charge is 2.51. The lowest BCUT2D eigenvalue weighted by molar-refractivity contribution is -0.132. The number of carbonyl (C=O) groups is 2. The van der Waals surface area contributed by atoms with Gasteiger partial charge in [-0.05, 0) is 74.5 Å². The smallest absolute Gasteiger partial charge is 0.239 e. The SMILES string of the molecule is CCC(CCO)NC(=O)CNC(=O)CC12CC3CC(CC(C3)C1)C2. The first-order chi connectivity index (χ1) is 11.5. The zero-order valence-corrected chi connectivity index (χ0v) is 14.9. The number of hydrogen-bond donors (Lipinski definition) is 3. The van der Waals surface area contributed by atoms with Gasteiger partial charge in [0.15, 0.2) is 0 Å². The van der Waals surface area contributed by atoms with Crippen molar-refractivity contribution in [2.24, 2.45) is 23.2 Å². The lowest BCUT2D eigenvalue weighted by atomic mass is 9.49. The van der Waals surface area contributed by atoms with Gasteiger partial charge < -0.3 is 15.7 Å². The molecule has 0 aromatic heterocycles. The Bertz CT molecular complexity index is 442. The summed E-state index contributed by atoms with van der Waals surface area (Å²) < 4.78 is 0. The van der Waals surface area contributed by atoms with Gasteiger partial charge in [0.05, 0.1) is 6.54 Å². The largest absolute Gasteiger partial charge is 0.396 e. The molecular formula is C19H32N2O3. The molecule has 0 aromatic carbocycles. The highest BCUT2D eigenvalue weighted by molar-refractivity contribution is 5.85. The second-order valence-corrected chi connectivity index (χ2v) is 8.56. The second-order valence-electron chi connectivity index (χ2n) is 8.56. The van der Waals surface area contributed by atoms with Crippen LogP contribution in [0.15, 0.2) is 0 Å². The molecule has 3 N–H and O–H groups in total. The molecule has 4 aliphatic carbocycles. The first kappa shape index (κ1) is 17.7. The molecule has 4 fully saturated rings. The predicted octanol–water partition coefficient (Wildman–Crippen LogP) is 1.99. The van der Waals surface area contributed by atoms with Crippen molar-refractivity contribution in [3.05, 3.63) is 0 Å². The standard InChI is InChI=1S/C19H32N2O3/c1-2-16(3-4-22)21-18(24)12-20-17(23)11-19-8-13-5-14(9-19)7-15(6-13)10-19/h13-16,22H,2-12H2,1H3,(H,20,23)(H,21,24). The number of aliphatic hydroxyl groups excluding tert-OH is 1. The molecule has 4 bridgehead atoms. The number of rotatable bonds is 8. The highest BCUT2D eigenvalue weighted by atomic mass is 16.3. The number of nitrogens with one attached hydrogen (secondary N) is 2. The Balaban J connectivity index is 1.44. The zero-order chi connectivity index (χ0) is 17.2. The Kier molecular flexibility index (Phi) is 5.48. The van der Waals surface area contributed by atoms with Crippen LogP contribution in [-0.2, 0) is 9.59 Å². The molecule has 4 rings (SSSR count). The summed E-state index contributed by atoms with van der Waals surface area (Å²) in [5.41, 5.74) is 0.220. The van der Waals surface area contributed by atoms with Crippen LogP contribution in [0, 0.1) is 23.2 Å². The lowest BCUT2D eigenvalue weighted by Crippen LogP contribution is -2.49. The molecule has 0 saturated heterocycles. The molecule has 0 heterocycles. The third-order valence-corrected chi connectivity index (χ3v) is 6.48. The van der Waals surface area contributed by atoms with E-state index in [4.69, 9.17) is 5.11 Å². The quantitative estimate of drug-likeness (QED) is 0.634. The molecule has 0 aliphatic heterocycles. The topological polar surface area (TPSA) is 78.4 Å². The summed E-state index contributed by atoms with van der Waals surface area (Å²) in [5, 5.41) is 14.7. The van der Waals surface area contributed by atoms with E-state index in [0.717, 1.165) is 24.2 Å². The molecule has 1 atom stereocenters. The number of carbonyl (C=O) groups excluding carboxylic acids is 2. The van der Waals surface area contributed by atoms with Gasteiger partial charge in [0.25, 0.3) is 0 Å². The van der Waals surface area contributed by atoms with Crippen molar-refractivity contribution in [1.82, 2.24) is 10.6 Å². The van der Waals surface area contributed by atoms with Crippen molar-refractivity contribution in [3.8, 4) is 0 Å². The average molecular weight is 336 g/mol. The van der Waals surface area contributed by atoms with Crippen LogP contribution < -0.4 is 10.6 Å². The molecule has 5 nitrogen and oxygen atoms in total. The molecule has 5 heteroatoms. The summed E-state index contributed by atoms with van der Waals surface area (Å²) in [6.45, 7) is 2.09. The van der Waals surface area contributed by atoms with E-state index in [-0.39, 0.29) is 36.4 Å². The highest BCUT2D eigenvalue weighted by Crippen LogP contribution is 2.61. The van der Waals surface area contributed by atoms with Crippen molar-refractivity contribution >= 4 is 11.8 Å². The molecule has 0 spiro atoms. The van der Waals surface area contributed by atoms with Crippen molar-refractivity contribution in [2.75, 3.05) is 13.2 Å². The van der Waals surface area contributed by atoms with Crippen molar-refractivity contribution in [3.63, 3.8) is 0 Å². The van der Waals surface area contributed by atoms with E-state index in [9.17, 15) is 9.59 Å². The van der Waals surface area contributed by atoms with Crippen molar-refractivity contribution < 1.29 is 14.7 Å². The Morgan fingerprint density at radius 1 is 1.08 bits per heavy atom. The molecular weight excluding hydrogens is 304 g/mol. The lowest BCUT2D eigenvalue weighted by Gasteiger charge is -2.56. The van der Waals surface area contributed by atoms with Crippen LogP contribution in [0.3, 0.4) is 0 Å². The van der Waals surface area contributed by atoms with E-state index < -0.39 is 0 Å². The Morgan fingerprint density at radius 3 is 2.17 bits per heavy atom. The van der Waals surface area contributed by atoms with Crippen molar-refractivity contribution in [1.29, 1.82) is 0 Å². The third kappa shape index (κ3) is 4.11. The van der Waals surface area contributed by atoms with Gasteiger partial charge in [0, 0.05) is 19.1 Å². The summed E-state index contributed by atoms with van der Waals surface area (Å²) >= 11 is 0. The molecule has 1 unspecified atom stereocenters. The normalized spacial score (nSPS) is 34.8. The molecule has 24 heavy (non-hydrogen) atoms. The predicted molar refractivity (Wildman–Crippen MR) is 92.2 cm³/mol. The van der Waals surface area contributed by atoms with Gasteiger partial charge in [-0.15, -0.1) is 0 Å². The van der Waals surface area contributed by atoms with Gasteiger partial charge in [-0.1, -0.05) is 6.92 Å². The van der Waals surface area contributed by atoms with E-state index in [1.807, 2.05) is 6.92 Å². The Morgan fingerprint density at radius 2 is 1.67 bits per heavy atom. The van der Waals surface area contributed by atoms with E-state index in [2.05, 4.69) is 10.6 Å². The molecule has 4 saturated carbocycles. The van der Waals surface area contributed by atoms with E-state index in [1.165, 1.54) is 38.5 Å². The first-order valence-corrected chi connectivity index (χ1v) is 9.69. The van der Waals surface area contributed by atoms with Gasteiger partial charge in [0.1, 0.15) is 0 Å². The van der Waals surface area contributed by atoms with Crippen LogP contribution in [0.4, 0.5) is 0 Å². The van der Waals surface area contributed by atoms with Crippen LogP contribution >= 0.6 is 0 Å². The number of amides is 2. The average Bonchev–Trinajstić information content (AvgIpc) is 2.50. The Hall–Kier alpha value is -1.10. The zero-order valence-electron chi connectivity index (χ0n) is 14.9. The van der Waals surface area contributed by atoms with Crippen molar-refractivity contribution in [2.45, 2.75) is 70.8 Å². The van der Waals surface area contributed by atoms with Crippen LogP contribution in [0.25, 0.3) is 0 Å². The first-order valence-electron chi connectivity index (χ1n) is 9.69. The van der Waals surface area contributed by atoms with Crippen LogP contribution in [0.5, 0.6) is 0 Å². The maximum atomic E-state index is 12.4. The third-order valence-electron chi connectivity index (χ3n) is 6.48. The summed E-state index contributed by atoms with van der Waals surface area (Å²) in [4.78, 5) is 24.3. The fourth-order valence-corrected chi connectivity index (χ4v) is 5.90. The molecule has 0 aromatic rings. The maximum Gasteiger partial charge on any atom is 0.239 e. The minimum Gasteiger partial charge on any atom is -0.396 e. The second kappa shape index (κ2) is 7.42. The summed E-state index contributed by atoms with van der Waals surface area (Å²) in [6.07, 6.45) is 9.73. The summed E-state index contributed by atoms with van der Waals surface area (Å²) in [5.74, 6) is 2.40. The number of hydrogen-bond acceptors (Lipinski definition) is 3.